The fourth-order valence-electron chi connectivity index (χ4n) is 0.220. The Balaban J connectivity index is 3.01. The largest absolute Gasteiger partial charge is 0.694 e. The van der Waals surface area contributed by atoms with Gasteiger partial charge < -0.3 is 0 Å². The molecule has 0 bridgehead atoms. The zero-order chi connectivity index (χ0) is 7.28. The number of hydrogen-bond donors (Lipinski definition) is 1. The van der Waals surface area contributed by atoms with Crippen LogP contribution < -0.4 is 0 Å². The molecule has 0 rings (SSSR count). The minimum atomic E-state index is -2.46. The van der Waals surface area contributed by atoms with Gasteiger partial charge in [0, 0.05) is 11.0 Å². The van der Waals surface area contributed by atoms with Crippen LogP contribution in [-0.2, 0) is 9.09 Å². The molecule has 9 heavy (non-hydrogen) atoms. The summed E-state index contributed by atoms with van der Waals surface area (Å²) in [5.74, 6) is 0. The molecule has 6 heteroatoms. The van der Waals surface area contributed by atoms with Crippen LogP contribution in [0.2, 0.25) is 0 Å². The van der Waals surface area contributed by atoms with Crippen LogP contribution in [0, 0.1) is 0 Å². The van der Waals surface area contributed by atoms with E-state index in [0.717, 1.165) is 0 Å². The summed E-state index contributed by atoms with van der Waals surface area (Å²) in [5.41, 5.74) is 0. The van der Waals surface area contributed by atoms with Crippen LogP contribution in [0.25, 0.3) is 0 Å². The molecule has 0 heterocycles. The molecule has 0 amide bonds. The summed E-state index contributed by atoms with van der Waals surface area (Å²) in [6.45, 7) is 0.200. The molecule has 0 aliphatic rings. The lowest BCUT2D eigenvalue weighted by Crippen LogP contribution is -1.92. The van der Waals surface area contributed by atoms with E-state index in [1.165, 1.54) is 0 Å². The third kappa shape index (κ3) is 8.79. The van der Waals surface area contributed by atoms with Crippen LogP contribution in [0.5, 0.6) is 0 Å². The van der Waals surface area contributed by atoms with Crippen LogP contribution in [0.3, 0.4) is 0 Å². The Kier molecular flexibility index (Phi) is 6.05. The molecule has 0 aromatic carbocycles. The average Bonchev–Trinajstić information content (AvgIpc) is 1.63. The summed E-state index contributed by atoms with van der Waals surface area (Å²) in [6, 6.07) is 0. The summed E-state index contributed by atoms with van der Waals surface area (Å²) in [6.07, 6.45) is 0.517. The van der Waals surface area contributed by atoms with Crippen molar-refractivity contribution in [1.29, 1.82) is 0 Å². The second-order valence-electron chi connectivity index (χ2n) is 1.25. The summed E-state index contributed by atoms with van der Waals surface area (Å²) >= 11 is 8.45. The van der Waals surface area contributed by atoms with Crippen molar-refractivity contribution in [3.05, 3.63) is 0 Å². The topological polar surface area (TPSA) is 46.5 Å². The number of hydrogen-bond acceptors (Lipinski definition) is 2. The minimum absolute atomic E-state index is 0.188. The Morgan fingerprint density at radius 2 is 2.44 bits per heavy atom. The molecule has 0 aliphatic carbocycles. The minimum Gasteiger partial charge on any atom is -0.133 e. The number of alkyl halides is 2. The van der Waals surface area contributed by atoms with Gasteiger partial charge in [-0.05, 0) is 0 Å². The number of rotatable bonds is 4. The van der Waals surface area contributed by atoms with Gasteiger partial charge in [0.1, 0.15) is 6.61 Å². The van der Waals surface area contributed by atoms with Crippen molar-refractivity contribution in [2.45, 2.75) is 10.7 Å². The van der Waals surface area contributed by atoms with Gasteiger partial charge in [0.25, 0.3) is 0 Å². The predicted molar refractivity (Wildman–Crippen MR) is 39.0 cm³/mol. The monoisotopic (exact) mass is 235 g/mol. The highest BCUT2D eigenvalue weighted by Gasteiger charge is 2.11. The first kappa shape index (κ1) is 9.79. The van der Waals surface area contributed by atoms with E-state index in [4.69, 9.17) is 16.5 Å². The Morgan fingerprint density at radius 1 is 1.89 bits per heavy atom. The van der Waals surface area contributed by atoms with E-state index in [2.05, 4.69) is 20.5 Å². The smallest absolute Gasteiger partial charge is 0.133 e. The second kappa shape index (κ2) is 5.57. The van der Waals surface area contributed by atoms with E-state index in [0.29, 0.717) is 6.42 Å². The van der Waals surface area contributed by atoms with Crippen molar-refractivity contribution in [3.8, 4) is 0 Å². The van der Waals surface area contributed by atoms with Crippen LogP contribution in [0.4, 0.5) is 0 Å². The zero-order valence-electron chi connectivity index (χ0n) is 4.46. The summed E-state index contributed by atoms with van der Waals surface area (Å²) in [4.78, 5) is 8.09. The maximum atomic E-state index is 9.85. The van der Waals surface area contributed by atoms with Gasteiger partial charge in [-0.15, -0.1) is 21.0 Å². The van der Waals surface area contributed by atoms with Crippen LogP contribution in [0.15, 0.2) is 0 Å². The lowest BCUT2D eigenvalue weighted by Gasteiger charge is -1.92. The van der Waals surface area contributed by atoms with Crippen molar-refractivity contribution in [1.82, 2.24) is 0 Å². The van der Waals surface area contributed by atoms with Gasteiger partial charge >= 0.3 is 8.25 Å². The van der Waals surface area contributed by atoms with E-state index >= 15 is 0 Å². The van der Waals surface area contributed by atoms with Gasteiger partial charge in [-0.3, -0.25) is 0 Å². The molecule has 2 unspecified atom stereocenters. The van der Waals surface area contributed by atoms with E-state index in [-0.39, 0.29) is 10.9 Å². The van der Waals surface area contributed by atoms with Crippen molar-refractivity contribution < 1.29 is 14.0 Å². The fourth-order valence-corrected chi connectivity index (χ4v) is 0.757. The van der Waals surface area contributed by atoms with Gasteiger partial charge in [-0.2, -0.15) is 0 Å². The standard InChI is InChI=1S/C3H5BrClO3P/c4-3(5)1-2-8-9(6)7/h3H,1-2H2/p+1. The molecule has 2 atom stereocenters. The lowest BCUT2D eigenvalue weighted by molar-refractivity contribution is 0.281. The molecule has 1 N–H and O–H groups in total. The maximum Gasteiger partial charge on any atom is 0.694 e. The molecule has 0 fully saturated rings. The maximum absolute atomic E-state index is 9.85. The van der Waals surface area contributed by atoms with Crippen molar-refractivity contribution in [3.63, 3.8) is 0 Å². The van der Waals surface area contributed by atoms with Crippen LogP contribution in [-0.4, -0.2) is 15.8 Å². The first-order chi connectivity index (χ1) is 4.13. The third-order valence-corrected chi connectivity index (χ3v) is 1.62. The van der Waals surface area contributed by atoms with Crippen LogP contribution in [0.1, 0.15) is 6.42 Å². The highest BCUT2D eigenvalue weighted by Crippen LogP contribution is 2.17. The molecule has 0 aliphatic heterocycles. The first-order valence-corrected chi connectivity index (χ1v) is 4.68. The molecule has 0 radical (unpaired) electrons. The van der Waals surface area contributed by atoms with E-state index < -0.39 is 8.25 Å². The molecular formula is C3H6BrClO3P+. The van der Waals surface area contributed by atoms with Crippen LogP contribution >= 0.6 is 35.8 Å². The highest BCUT2D eigenvalue weighted by atomic mass is 79.9. The Bertz CT molecular complexity index is 99.1. The average molecular weight is 236 g/mol. The summed E-state index contributed by atoms with van der Waals surface area (Å²) < 4.78 is 14.0. The number of halogens is 2. The molecule has 0 aromatic heterocycles. The highest BCUT2D eigenvalue weighted by molar-refractivity contribution is 9.10. The second-order valence-corrected chi connectivity index (χ2v) is 4.14. The Morgan fingerprint density at radius 3 is 2.78 bits per heavy atom. The quantitative estimate of drug-likeness (QED) is 0.600. The van der Waals surface area contributed by atoms with E-state index in [1.54, 1.807) is 0 Å². The fraction of sp³-hybridized carbons (Fsp3) is 1.00. The van der Waals surface area contributed by atoms with Gasteiger partial charge in [0.2, 0.25) is 0 Å². The van der Waals surface area contributed by atoms with Gasteiger partial charge in [0.15, 0.2) is 0 Å². The summed E-state index contributed by atoms with van der Waals surface area (Å²) in [5, 5.41) is 0. The van der Waals surface area contributed by atoms with Gasteiger partial charge in [-0.25, -0.2) is 0 Å². The van der Waals surface area contributed by atoms with Gasteiger partial charge in [-0.1, -0.05) is 15.9 Å². The Hall–Kier alpha value is 0.790. The molecule has 0 saturated heterocycles. The third-order valence-electron chi connectivity index (χ3n) is 0.538. The lowest BCUT2D eigenvalue weighted by atomic mass is 10.5. The van der Waals surface area contributed by atoms with Gasteiger partial charge in [0.05, 0.1) is 4.29 Å². The molecule has 54 valence electrons. The molecule has 0 saturated carbocycles. The molecule has 0 spiro atoms. The predicted octanol–water partition coefficient (Wildman–Crippen LogP) is 2.00. The zero-order valence-corrected chi connectivity index (χ0v) is 7.69. The van der Waals surface area contributed by atoms with Crippen molar-refractivity contribution in [2.24, 2.45) is 0 Å². The van der Waals surface area contributed by atoms with E-state index in [9.17, 15) is 4.57 Å². The van der Waals surface area contributed by atoms with Crippen molar-refractivity contribution >= 4 is 35.8 Å². The van der Waals surface area contributed by atoms with E-state index in [1.807, 2.05) is 0 Å². The molecular weight excluding hydrogens is 230 g/mol. The first-order valence-electron chi connectivity index (χ1n) is 2.20. The Labute approximate surface area is 67.4 Å². The van der Waals surface area contributed by atoms with Crippen molar-refractivity contribution in [2.75, 3.05) is 6.61 Å². The molecule has 3 nitrogen and oxygen atoms in total. The summed E-state index contributed by atoms with van der Waals surface area (Å²) in [7, 11) is -2.46. The SMILES string of the molecule is O=[P+](O)OCCC(Cl)Br. The molecule has 0 aromatic rings. The normalized spacial score (nSPS) is 15.2.